The summed E-state index contributed by atoms with van der Waals surface area (Å²) in [7, 11) is 1.92. The summed E-state index contributed by atoms with van der Waals surface area (Å²) in [5, 5.41) is 13.2. The van der Waals surface area contributed by atoms with Gasteiger partial charge in [0.05, 0.1) is 6.20 Å². The maximum Gasteiger partial charge on any atom is 0.285 e. The molecule has 5 rings (SSSR count). The smallest absolute Gasteiger partial charge is 0.285 e. The second-order valence-electron chi connectivity index (χ2n) is 7.64. The van der Waals surface area contributed by atoms with Crippen LogP contribution in [0.1, 0.15) is 38.1 Å². The third kappa shape index (κ3) is 3.42. The van der Waals surface area contributed by atoms with Gasteiger partial charge in [0.25, 0.3) is 5.91 Å². The average Bonchev–Trinajstić information content (AvgIpc) is 3.40. The Morgan fingerprint density at radius 3 is 2.65 bits per heavy atom. The number of hydrogen-bond acceptors (Lipinski definition) is 5. The maximum absolute atomic E-state index is 14.1. The molecule has 0 spiro atoms. The van der Waals surface area contributed by atoms with E-state index in [1.807, 2.05) is 37.0 Å². The van der Waals surface area contributed by atoms with Gasteiger partial charge in [0.2, 0.25) is 5.01 Å². The van der Waals surface area contributed by atoms with Crippen molar-refractivity contribution < 1.29 is 9.18 Å². The summed E-state index contributed by atoms with van der Waals surface area (Å²) >= 11 is 1.12. The van der Waals surface area contributed by atoms with Gasteiger partial charge in [0, 0.05) is 42.9 Å². The molecule has 31 heavy (non-hydrogen) atoms. The Labute approximate surface area is 183 Å². The van der Waals surface area contributed by atoms with E-state index in [2.05, 4.69) is 27.4 Å². The fourth-order valence-electron chi connectivity index (χ4n) is 4.07. The molecule has 0 bridgehead atoms. The molecule has 0 radical (unpaired) electrons. The highest BCUT2D eigenvalue weighted by molar-refractivity contribution is 7.16. The van der Waals surface area contributed by atoms with Gasteiger partial charge in [-0.2, -0.15) is 5.10 Å². The number of fused-ring (bicyclic) bond motifs is 1. The zero-order chi connectivity index (χ0) is 21.5. The van der Waals surface area contributed by atoms with Crippen molar-refractivity contribution in [2.45, 2.75) is 19.4 Å². The monoisotopic (exact) mass is 433 g/mol. The van der Waals surface area contributed by atoms with E-state index in [9.17, 15) is 9.18 Å². The quantitative estimate of drug-likeness (QED) is 0.486. The van der Waals surface area contributed by atoms with Crippen LogP contribution in [0.2, 0.25) is 0 Å². The maximum atomic E-state index is 14.1. The van der Waals surface area contributed by atoms with Crippen LogP contribution in [0.25, 0.3) is 10.6 Å². The van der Waals surface area contributed by atoms with Crippen molar-refractivity contribution in [3.63, 3.8) is 0 Å². The second-order valence-corrected chi connectivity index (χ2v) is 8.62. The largest absolute Gasteiger partial charge is 0.331 e. The van der Waals surface area contributed by atoms with E-state index >= 15 is 0 Å². The second kappa shape index (κ2) is 7.70. The first kappa shape index (κ1) is 19.6. The number of hydrogen-bond donors (Lipinski definition) is 0. The van der Waals surface area contributed by atoms with Crippen molar-refractivity contribution in [2.75, 3.05) is 6.54 Å². The number of aryl methyl sites for hydroxylation is 1. The van der Waals surface area contributed by atoms with E-state index in [1.54, 1.807) is 23.1 Å². The molecular formula is C23H20FN5OS. The molecule has 1 amide bonds. The molecule has 0 saturated carbocycles. The van der Waals surface area contributed by atoms with Crippen LogP contribution in [0.15, 0.2) is 54.7 Å². The van der Waals surface area contributed by atoms with Gasteiger partial charge in [0.1, 0.15) is 5.82 Å². The summed E-state index contributed by atoms with van der Waals surface area (Å²) in [6, 6.07) is 14.6. The highest BCUT2D eigenvalue weighted by Gasteiger charge is 2.32. The Kier molecular flexibility index (Phi) is 4.86. The highest BCUT2D eigenvalue weighted by atomic mass is 32.1. The van der Waals surface area contributed by atoms with Gasteiger partial charge in [-0.05, 0) is 30.2 Å². The van der Waals surface area contributed by atoms with Crippen LogP contribution in [0, 0.1) is 12.7 Å². The van der Waals surface area contributed by atoms with Gasteiger partial charge in [0.15, 0.2) is 5.01 Å². The Morgan fingerprint density at radius 2 is 1.87 bits per heavy atom. The first-order valence-electron chi connectivity index (χ1n) is 9.97. The number of carbonyl (C=O) groups excluding carboxylic acids is 1. The number of carbonyl (C=O) groups is 1. The van der Waals surface area contributed by atoms with Crippen LogP contribution >= 0.6 is 11.3 Å². The average molecular weight is 434 g/mol. The number of aromatic nitrogens is 4. The van der Waals surface area contributed by atoms with Gasteiger partial charge >= 0.3 is 0 Å². The third-order valence-electron chi connectivity index (χ3n) is 5.84. The molecule has 4 aromatic rings. The number of halogens is 1. The predicted octanol–water partition coefficient (Wildman–Crippen LogP) is 4.17. The fourth-order valence-corrected chi connectivity index (χ4v) is 4.91. The fraction of sp³-hybridized carbons (Fsp3) is 0.217. The first-order chi connectivity index (χ1) is 15.0. The molecule has 0 aliphatic carbocycles. The molecule has 8 heteroatoms. The zero-order valence-corrected chi connectivity index (χ0v) is 17.9. The Hall–Kier alpha value is -3.39. The van der Waals surface area contributed by atoms with E-state index in [1.165, 1.54) is 11.6 Å². The van der Waals surface area contributed by atoms with E-state index in [0.29, 0.717) is 23.7 Å². The number of nitrogens with zero attached hydrogens (tertiary/aromatic N) is 5. The molecular weight excluding hydrogens is 413 g/mol. The lowest BCUT2D eigenvalue weighted by molar-refractivity contribution is 0.0723. The molecule has 0 N–H and O–H groups in total. The van der Waals surface area contributed by atoms with Gasteiger partial charge in [-0.1, -0.05) is 47.7 Å². The van der Waals surface area contributed by atoms with Crippen molar-refractivity contribution in [3.8, 4) is 10.6 Å². The van der Waals surface area contributed by atoms with Gasteiger partial charge < -0.3 is 4.90 Å². The molecule has 6 nitrogen and oxygen atoms in total. The Bertz CT molecular complexity index is 1280. The van der Waals surface area contributed by atoms with Crippen molar-refractivity contribution in [1.29, 1.82) is 0 Å². The van der Waals surface area contributed by atoms with Crippen LogP contribution in [-0.2, 0) is 13.6 Å². The minimum absolute atomic E-state index is 0.0292. The van der Waals surface area contributed by atoms with Crippen molar-refractivity contribution in [3.05, 3.63) is 87.9 Å². The Balaban J connectivity index is 1.48. The van der Waals surface area contributed by atoms with Gasteiger partial charge in [-0.25, -0.2) is 4.39 Å². The van der Waals surface area contributed by atoms with Gasteiger partial charge in [-0.3, -0.25) is 9.48 Å². The topological polar surface area (TPSA) is 63.9 Å². The van der Waals surface area contributed by atoms with Crippen LogP contribution in [0.5, 0.6) is 0 Å². The van der Waals surface area contributed by atoms with E-state index in [4.69, 9.17) is 0 Å². The summed E-state index contributed by atoms with van der Waals surface area (Å²) in [6.45, 7) is 3.06. The van der Waals surface area contributed by atoms with E-state index in [0.717, 1.165) is 28.2 Å². The van der Waals surface area contributed by atoms with Crippen molar-refractivity contribution in [2.24, 2.45) is 7.05 Å². The van der Waals surface area contributed by atoms with Crippen molar-refractivity contribution in [1.82, 2.24) is 24.9 Å². The molecule has 1 atom stereocenters. The predicted molar refractivity (Wildman–Crippen MR) is 116 cm³/mol. The highest BCUT2D eigenvalue weighted by Crippen LogP contribution is 2.36. The van der Waals surface area contributed by atoms with Crippen LogP contribution in [0.4, 0.5) is 4.39 Å². The van der Waals surface area contributed by atoms with Crippen molar-refractivity contribution >= 4 is 17.2 Å². The summed E-state index contributed by atoms with van der Waals surface area (Å²) in [6.07, 6.45) is 1.88. The molecule has 3 heterocycles. The molecule has 0 fully saturated rings. The Morgan fingerprint density at radius 1 is 1.10 bits per heavy atom. The summed E-state index contributed by atoms with van der Waals surface area (Å²) in [5.41, 5.74) is 4.86. The minimum atomic E-state index is -0.378. The molecule has 156 valence electrons. The molecule has 0 saturated heterocycles. The summed E-state index contributed by atoms with van der Waals surface area (Å²) < 4.78 is 16.0. The molecule has 1 aliphatic rings. The van der Waals surface area contributed by atoms with Crippen LogP contribution in [0.3, 0.4) is 0 Å². The summed E-state index contributed by atoms with van der Waals surface area (Å²) in [5.74, 6) is -0.542. The molecule has 1 aliphatic heterocycles. The normalized spacial score (nSPS) is 15.7. The van der Waals surface area contributed by atoms with E-state index < -0.39 is 0 Å². The SMILES string of the molecule is Cc1c(C2CN(C(=O)c3nnc(-c4ccccc4F)s3)Cc3ccccc32)cnn1C. The lowest BCUT2D eigenvalue weighted by Crippen LogP contribution is -2.38. The van der Waals surface area contributed by atoms with Gasteiger partial charge in [-0.15, -0.1) is 10.2 Å². The lowest BCUT2D eigenvalue weighted by Gasteiger charge is -2.34. The third-order valence-corrected chi connectivity index (χ3v) is 6.79. The molecule has 2 aromatic heterocycles. The molecule has 2 aromatic carbocycles. The van der Waals surface area contributed by atoms with Crippen LogP contribution in [-0.4, -0.2) is 37.3 Å². The number of rotatable bonds is 3. The zero-order valence-electron chi connectivity index (χ0n) is 17.1. The first-order valence-corrected chi connectivity index (χ1v) is 10.8. The number of benzene rings is 2. The standard InChI is InChI=1S/C23H20FN5OS/c1-14-18(11-25-28(14)2)19-13-29(12-15-7-3-4-8-16(15)19)23(30)22-27-26-21(31-22)17-9-5-6-10-20(17)24/h3-11,19H,12-13H2,1-2H3. The molecule has 1 unspecified atom stereocenters. The van der Waals surface area contributed by atoms with Crippen LogP contribution < -0.4 is 0 Å². The summed E-state index contributed by atoms with van der Waals surface area (Å²) in [4.78, 5) is 15.1. The minimum Gasteiger partial charge on any atom is -0.331 e. The van der Waals surface area contributed by atoms with E-state index in [-0.39, 0.29) is 22.6 Å². The lowest BCUT2D eigenvalue weighted by atomic mass is 9.85. The number of amides is 1.